The number of phenols is 1. The maximum atomic E-state index is 14.7. The van der Waals surface area contributed by atoms with E-state index >= 15 is 0 Å². The molecule has 0 bridgehead atoms. The highest BCUT2D eigenvalue weighted by atomic mass is 16.5. The van der Waals surface area contributed by atoms with Crippen molar-refractivity contribution in [2.45, 2.75) is 139 Å². The van der Waals surface area contributed by atoms with Crippen LogP contribution in [0.3, 0.4) is 0 Å². The van der Waals surface area contributed by atoms with Gasteiger partial charge in [-0.3, -0.25) is 14.4 Å². The largest absolute Gasteiger partial charge is 0.506 e. The van der Waals surface area contributed by atoms with Gasteiger partial charge >= 0.3 is 11.9 Å². The molecule has 0 aliphatic heterocycles. The summed E-state index contributed by atoms with van der Waals surface area (Å²) < 4.78 is 6.18. The van der Waals surface area contributed by atoms with Gasteiger partial charge in [0.05, 0.1) is 29.5 Å². The normalized spacial score (nSPS) is 38.3. The van der Waals surface area contributed by atoms with Crippen LogP contribution in [0.15, 0.2) is 42.5 Å². The van der Waals surface area contributed by atoms with E-state index in [1.807, 2.05) is 24.3 Å². The van der Waals surface area contributed by atoms with Crippen molar-refractivity contribution in [2.24, 2.45) is 62.1 Å². The number of carbonyl (C=O) groups excluding carboxylic acids is 2. The molecule has 1 amide bonds. The van der Waals surface area contributed by atoms with Gasteiger partial charge in [0, 0.05) is 10.8 Å². The van der Waals surface area contributed by atoms with Gasteiger partial charge in [0.1, 0.15) is 17.4 Å². The summed E-state index contributed by atoms with van der Waals surface area (Å²) in [6, 6.07) is 9.30. The Hall–Kier alpha value is -3.42. The molecule has 1 aromatic carbocycles. The van der Waals surface area contributed by atoms with Gasteiger partial charge in [0.15, 0.2) is 0 Å². The molecular formula is C46H64N2O6. The van der Waals surface area contributed by atoms with E-state index in [9.17, 15) is 24.6 Å². The molecule has 8 heteroatoms. The number of carboxylic acid groups (broad SMARTS) is 1. The standard InChI is InChI=1S/C46H64N2O6/c1-27(2)30-17-22-46(39(51)47-26-29-14-13-28-11-10-12-32(49)38(28)48-29)24-23-44(8)31(37(30)46)15-16-34-43(7)20-19-35(54-36(50)25-41(3,4)40(52)53)42(5,6)33(43)18-21-45(34,44)9/h10-14,30-31,33-35,37,49H,1,15-26H2,2-9H3,(H,47,51)(H,52,53)/t30-,31+,33-,34+,35-,37+,43-,44+,45+,46-/m0/s1. The molecule has 5 aliphatic carbocycles. The summed E-state index contributed by atoms with van der Waals surface area (Å²) >= 11 is 0. The predicted octanol–water partition coefficient (Wildman–Crippen LogP) is 9.63. The minimum absolute atomic E-state index is 0.0731. The van der Waals surface area contributed by atoms with Gasteiger partial charge in [-0.1, -0.05) is 65.0 Å². The fraction of sp³-hybridized carbons (Fsp3) is 0.696. The van der Waals surface area contributed by atoms with Crippen LogP contribution in [0, 0.1) is 62.1 Å². The van der Waals surface area contributed by atoms with Crippen molar-refractivity contribution in [3.63, 3.8) is 0 Å². The first-order valence-electron chi connectivity index (χ1n) is 20.7. The van der Waals surface area contributed by atoms with E-state index in [1.165, 1.54) is 5.57 Å². The number of aromatic hydroxyl groups is 1. The number of rotatable bonds is 8. The van der Waals surface area contributed by atoms with Crippen molar-refractivity contribution in [1.82, 2.24) is 10.3 Å². The lowest BCUT2D eigenvalue weighted by Gasteiger charge is -2.72. The first-order valence-corrected chi connectivity index (χ1v) is 20.7. The lowest BCUT2D eigenvalue weighted by Crippen LogP contribution is -2.67. The van der Waals surface area contributed by atoms with Crippen molar-refractivity contribution in [1.29, 1.82) is 0 Å². The fourth-order valence-corrected chi connectivity index (χ4v) is 14.0. The lowest BCUT2D eigenvalue weighted by molar-refractivity contribution is -0.249. The minimum atomic E-state index is -1.16. The van der Waals surface area contributed by atoms with E-state index in [0.717, 1.165) is 75.3 Å². The number of carbonyl (C=O) groups is 3. The van der Waals surface area contributed by atoms with Gasteiger partial charge in [-0.05, 0) is 143 Å². The smallest absolute Gasteiger partial charge is 0.309 e. The number of ether oxygens (including phenoxy) is 1. The number of nitrogens with zero attached hydrogens (tertiary/aromatic N) is 1. The summed E-state index contributed by atoms with van der Waals surface area (Å²) in [5.41, 5.74) is 0.945. The maximum Gasteiger partial charge on any atom is 0.309 e. The monoisotopic (exact) mass is 740 g/mol. The summed E-state index contributed by atoms with van der Waals surface area (Å²) in [5.74, 6) is 0.788. The molecule has 5 aliphatic rings. The minimum Gasteiger partial charge on any atom is -0.506 e. The van der Waals surface area contributed by atoms with Crippen molar-refractivity contribution < 1.29 is 29.3 Å². The molecule has 1 heterocycles. The van der Waals surface area contributed by atoms with Crippen LogP contribution < -0.4 is 5.32 Å². The molecule has 0 saturated heterocycles. The average molecular weight is 741 g/mol. The van der Waals surface area contributed by atoms with E-state index in [1.54, 1.807) is 19.9 Å². The summed E-state index contributed by atoms with van der Waals surface area (Å²) in [5, 5.41) is 24.3. The molecule has 0 spiro atoms. The number of hydrogen-bond acceptors (Lipinski definition) is 6. The molecule has 3 N–H and O–H groups in total. The Labute approximate surface area is 322 Å². The molecule has 2 aromatic rings. The number of hydrogen-bond donors (Lipinski definition) is 3. The van der Waals surface area contributed by atoms with Crippen LogP contribution in [0.1, 0.15) is 132 Å². The molecular weight excluding hydrogens is 677 g/mol. The third-order valence-corrected chi connectivity index (χ3v) is 17.1. The molecule has 54 heavy (non-hydrogen) atoms. The third-order valence-electron chi connectivity index (χ3n) is 17.1. The van der Waals surface area contributed by atoms with Gasteiger partial charge in [0.2, 0.25) is 5.91 Å². The van der Waals surface area contributed by atoms with Crippen LogP contribution in [0.4, 0.5) is 0 Å². The quantitative estimate of drug-likeness (QED) is 0.182. The highest BCUT2D eigenvalue weighted by molar-refractivity contribution is 5.85. The number of carboxylic acids is 1. The first-order chi connectivity index (χ1) is 25.2. The highest BCUT2D eigenvalue weighted by Gasteiger charge is 2.72. The summed E-state index contributed by atoms with van der Waals surface area (Å²) in [7, 11) is 0. The molecule has 1 aromatic heterocycles. The molecule has 5 fully saturated rings. The zero-order chi connectivity index (χ0) is 39.2. The fourth-order valence-electron chi connectivity index (χ4n) is 14.0. The molecule has 5 saturated carbocycles. The molecule has 7 rings (SSSR count). The van der Waals surface area contributed by atoms with Crippen molar-refractivity contribution in [3.8, 4) is 5.75 Å². The Balaban J connectivity index is 1.13. The second-order valence-corrected chi connectivity index (χ2v) is 20.4. The van der Waals surface area contributed by atoms with E-state index in [2.05, 4.69) is 53.4 Å². The number of benzene rings is 1. The van der Waals surface area contributed by atoms with Crippen molar-refractivity contribution in [3.05, 3.63) is 48.2 Å². The Morgan fingerprint density at radius 2 is 1.65 bits per heavy atom. The van der Waals surface area contributed by atoms with E-state index < -0.39 is 22.8 Å². The van der Waals surface area contributed by atoms with Crippen LogP contribution in [0.25, 0.3) is 10.9 Å². The summed E-state index contributed by atoms with van der Waals surface area (Å²) in [6.45, 7) is 22.5. The zero-order valence-electron chi connectivity index (χ0n) is 34.0. The molecule has 0 unspecified atom stereocenters. The van der Waals surface area contributed by atoms with Crippen molar-refractivity contribution in [2.75, 3.05) is 0 Å². The van der Waals surface area contributed by atoms with Crippen LogP contribution in [0.5, 0.6) is 5.75 Å². The van der Waals surface area contributed by atoms with Gasteiger partial charge < -0.3 is 20.3 Å². The average Bonchev–Trinajstić information content (AvgIpc) is 3.50. The van der Waals surface area contributed by atoms with Gasteiger partial charge in [-0.25, -0.2) is 4.98 Å². The van der Waals surface area contributed by atoms with Crippen molar-refractivity contribution >= 4 is 28.7 Å². The molecule has 10 atom stereocenters. The lowest BCUT2D eigenvalue weighted by atomic mass is 9.32. The predicted molar refractivity (Wildman–Crippen MR) is 210 cm³/mol. The van der Waals surface area contributed by atoms with E-state index in [-0.39, 0.29) is 51.8 Å². The first kappa shape index (κ1) is 38.8. The molecule has 0 radical (unpaired) electrons. The third kappa shape index (κ3) is 5.73. The van der Waals surface area contributed by atoms with Crippen LogP contribution in [-0.4, -0.2) is 39.1 Å². The van der Waals surface area contributed by atoms with Crippen LogP contribution in [0.2, 0.25) is 0 Å². The number of pyridine rings is 1. The number of nitrogens with one attached hydrogen (secondary N) is 1. The number of amides is 1. The van der Waals surface area contributed by atoms with Gasteiger partial charge in [0.25, 0.3) is 0 Å². The topological polar surface area (TPSA) is 126 Å². The Morgan fingerprint density at radius 3 is 2.35 bits per heavy atom. The van der Waals surface area contributed by atoms with Gasteiger partial charge in [-0.2, -0.15) is 0 Å². The SMILES string of the molecule is C=C(C)[C@@H]1CC[C@]2(C(=O)NCc3ccc4cccc(O)c4n3)CC[C@]3(C)[C@H](CC[C@@H]4[C@@]5(C)CC[C@H](OC(=O)CC(C)(C)C(=O)O)C(C)(C)[C@@H]5CC[C@]43C)[C@@H]12. The number of aromatic nitrogens is 1. The number of para-hydroxylation sites is 1. The number of fused-ring (bicyclic) bond motifs is 8. The van der Waals surface area contributed by atoms with Crippen LogP contribution >= 0.6 is 0 Å². The number of esters is 1. The summed E-state index contributed by atoms with van der Waals surface area (Å²) in [4.78, 5) is 44.2. The second kappa shape index (κ2) is 13.1. The number of allylic oxidation sites excluding steroid dienone is 1. The number of aliphatic carboxylic acids is 1. The van der Waals surface area contributed by atoms with Crippen LogP contribution in [-0.2, 0) is 25.7 Å². The summed E-state index contributed by atoms with van der Waals surface area (Å²) in [6.07, 6.45) is 9.65. The zero-order valence-corrected chi connectivity index (χ0v) is 34.0. The van der Waals surface area contributed by atoms with E-state index in [4.69, 9.17) is 9.72 Å². The van der Waals surface area contributed by atoms with Gasteiger partial charge in [-0.15, -0.1) is 0 Å². The molecule has 294 valence electrons. The Bertz CT molecular complexity index is 1870. The highest BCUT2D eigenvalue weighted by Crippen LogP contribution is 2.77. The Morgan fingerprint density at radius 1 is 0.907 bits per heavy atom. The maximum absolute atomic E-state index is 14.7. The molecule has 8 nitrogen and oxygen atoms in total. The van der Waals surface area contributed by atoms with E-state index in [0.29, 0.717) is 35.7 Å². The number of phenolic OH excluding ortho intramolecular Hbond substituents is 1. The Kier molecular flexibility index (Phi) is 9.41. The second-order valence-electron chi connectivity index (χ2n) is 20.4.